The summed E-state index contributed by atoms with van der Waals surface area (Å²) in [5, 5.41) is 8.97. The summed E-state index contributed by atoms with van der Waals surface area (Å²) in [6, 6.07) is 3.42. The normalized spacial score (nSPS) is 14.3. The van der Waals surface area contributed by atoms with Crippen LogP contribution >= 0.6 is 11.6 Å². The van der Waals surface area contributed by atoms with Crippen molar-refractivity contribution in [3.63, 3.8) is 0 Å². The first-order chi connectivity index (χ1) is 8.54. The monoisotopic (exact) mass is 327 g/mol. The molecule has 0 fully saturated rings. The van der Waals surface area contributed by atoms with E-state index >= 15 is 0 Å². The smallest absolute Gasteiger partial charge is 0.242 e. The molecule has 9 heteroatoms. The highest BCUT2D eigenvalue weighted by molar-refractivity contribution is 7.91. The lowest BCUT2D eigenvalue weighted by molar-refractivity contribution is 0.198. The second-order valence-corrected chi connectivity index (χ2v) is 8.22. The van der Waals surface area contributed by atoms with Crippen molar-refractivity contribution in [3.8, 4) is 0 Å². The summed E-state index contributed by atoms with van der Waals surface area (Å²) in [5.41, 5.74) is 0. The van der Waals surface area contributed by atoms with Crippen LogP contribution in [0.3, 0.4) is 0 Å². The number of hydrogen-bond donors (Lipinski definition) is 2. The van der Waals surface area contributed by atoms with E-state index < -0.39 is 26.0 Å². The molecule has 0 spiro atoms. The highest BCUT2D eigenvalue weighted by atomic mass is 35.5. The lowest BCUT2D eigenvalue weighted by atomic mass is 10.4. The minimum atomic E-state index is -3.98. The maximum Gasteiger partial charge on any atom is 0.242 e. The number of sulfonamides is 1. The first kappa shape index (κ1) is 16.4. The molecule has 1 aromatic rings. The third-order valence-corrected chi connectivity index (χ3v) is 5.20. The van der Waals surface area contributed by atoms with Crippen molar-refractivity contribution in [1.29, 1.82) is 0 Å². The van der Waals surface area contributed by atoms with Gasteiger partial charge in [-0.25, -0.2) is 21.6 Å². The molecule has 0 heterocycles. The molecule has 0 bridgehead atoms. The van der Waals surface area contributed by atoms with Gasteiger partial charge in [0.05, 0.1) is 16.0 Å². The summed E-state index contributed by atoms with van der Waals surface area (Å²) < 4.78 is 48.8. The Kier molecular flexibility index (Phi) is 4.97. The molecule has 0 radical (unpaired) electrons. The molecule has 0 saturated heterocycles. The zero-order valence-electron chi connectivity index (χ0n) is 10.3. The zero-order chi connectivity index (χ0) is 14.8. The third kappa shape index (κ3) is 4.43. The fourth-order valence-electron chi connectivity index (χ4n) is 1.23. The van der Waals surface area contributed by atoms with Gasteiger partial charge in [0.2, 0.25) is 10.0 Å². The van der Waals surface area contributed by atoms with Gasteiger partial charge in [0.15, 0.2) is 9.84 Å². The minimum Gasteiger partial charge on any atom is -0.392 e. The summed E-state index contributed by atoms with van der Waals surface area (Å²) in [5.74, 6) is 0. The summed E-state index contributed by atoms with van der Waals surface area (Å²) in [7, 11) is -7.51. The number of nitrogens with one attached hydrogen (secondary N) is 1. The number of rotatable bonds is 5. The Morgan fingerprint density at radius 1 is 1.32 bits per heavy atom. The van der Waals surface area contributed by atoms with Gasteiger partial charge in [-0.1, -0.05) is 11.6 Å². The van der Waals surface area contributed by atoms with E-state index in [1.807, 2.05) is 0 Å². The number of sulfone groups is 1. The van der Waals surface area contributed by atoms with Gasteiger partial charge in [-0.3, -0.25) is 0 Å². The zero-order valence-corrected chi connectivity index (χ0v) is 12.7. The Bertz CT molecular complexity index is 667. The van der Waals surface area contributed by atoms with E-state index in [0.29, 0.717) is 0 Å². The van der Waals surface area contributed by atoms with Crippen LogP contribution in [-0.2, 0) is 19.9 Å². The molecule has 1 aromatic carbocycles. The van der Waals surface area contributed by atoms with Crippen molar-refractivity contribution in [2.45, 2.75) is 22.8 Å². The van der Waals surface area contributed by atoms with E-state index in [9.17, 15) is 16.8 Å². The molecule has 0 aliphatic rings. The first-order valence-electron chi connectivity index (χ1n) is 5.21. The summed E-state index contributed by atoms with van der Waals surface area (Å²) in [6.07, 6.45) is 0.0993. The van der Waals surface area contributed by atoms with Crippen molar-refractivity contribution >= 4 is 31.5 Å². The highest BCUT2D eigenvalue weighted by Gasteiger charge is 2.21. The van der Waals surface area contributed by atoms with E-state index in [1.54, 1.807) is 0 Å². The van der Waals surface area contributed by atoms with Crippen LogP contribution in [0.25, 0.3) is 0 Å². The van der Waals surface area contributed by atoms with Crippen molar-refractivity contribution in [2.75, 3.05) is 12.8 Å². The maximum atomic E-state index is 11.9. The number of halogens is 1. The van der Waals surface area contributed by atoms with Crippen molar-refractivity contribution in [1.82, 2.24) is 4.72 Å². The van der Waals surface area contributed by atoms with Crippen LogP contribution in [0.5, 0.6) is 0 Å². The van der Waals surface area contributed by atoms with Crippen molar-refractivity contribution < 1.29 is 21.9 Å². The summed E-state index contributed by atoms with van der Waals surface area (Å²) in [4.78, 5) is -0.480. The molecule has 1 rings (SSSR count). The van der Waals surface area contributed by atoms with E-state index in [2.05, 4.69) is 4.72 Å². The number of aliphatic hydroxyl groups is 1. The quantitative estimate of drug-likeness (QED) is 0.815. The van der Waals surface area contributed by atoms with Gasteiger partial charge in [-0.05, 0) is 25.1 Å². The molecule has 0 aromatic heterocycles. The SMILES string of the molecule is C[C@H](O)CNS(=O)(=O)c1cc(S(C)(=O)=O)ccc1Cl. The fourth-order valence-corrected chi connectivity index (χ4v) is 3.60. The molecule has 2 N–H and O–H groups in total. The van der Waals surface area contributed by atoms with Gasteiger partial charge < -0.3 is 5.11 Å². The van der Waals surface area contributed by atoms with Crippen LogP contribution in [0.1, 0.15) is 6.92 Å². The fraction of sp³-hybridized carbons (Fsp3) is 0.400. The summed E-state index contributed by atoms with van der Waals surface area (Å²) in [6.45, 7) is 1.22. The second kappa shape index (κ2) is 5.76. The van der Waals surface area contributed by atoms with Crippen LogP contribution in [0.15, 0.2) is 28.0 Å². The number of benzene rings is 1. The first-order valence-corrected chi connectivity index (χ1v) is 8.96. The predicted octanol–water partition coefficient (Wildman–Crippen LogP) is 0.403. The van der Waals surface area contributed by atoms with Gasteiger partial charge in [0.1, 0.15) is 4.90 Å². The topological polar surface area (TPSA) is 101 Å². The molecule has 0 unspecified atom stereocenters. The van der Waals surface area contributed by atoms with E-state index in [4.69, 9.17) is 16.7 Å². The van der Waals surface area contributed by atoms with Crippen LogP contribution in [0.2, 0.25) is 5.02 Å². The van der Waals surface area contributed by atoms with Crippen LogP contribution in [-0.4, -0.2) is 40.8 Å². The Morgan fingerprint density at radius 3 is 2.37 bits per heavy atom. The molecule has 108 valence electrons. The average molecular weight is 328 g/mol. The lowest BCUT2D eigenvalue weighted by Crippen LogP contribution is -2.30. The standard InChI is InChI=1S/C10H14ClNO5S2/c1-7(13)6-12-19(16,17)10-5-8(18(2,14)15)3-4-9(10)11/h3-5,7,12-13H,6H2,1-2H3/t7-/m0/s1. The Hall–Kier alpha value is -0.670. The lowest BCUT2D eigenvalue weighted by Gasteiger charge is -2.10. The van der Waals surface area contributed by atoms with Crippen molar-refractivity contribution in [3.05, 3.63) is 23.2 Å². The Balaban J connectivity index is 3.27. The van der Waals surface area contributed by atoms with Gasteiger partial charge in [-0.15, -0.1) is 0 Å². The molecule has 0 amide bonds. The van der Waals surface area contributed by atoms with Gasteiger partial charge >= 0.3 is 0 Å². The third-order valence-electron chi connectivity index (χ3n) is 2.19. The van der Waals surface area contributed by atoms with Gasteiger partial charge in [-0.2, -0.15) is 0 Å². The molecule has 0 aliphatic carbocycles. The van der Waals surface area contributed by atoms with E-state index in [1.165, 1.54) is 19.1 Å². The second-order valence-electron chi connectivity index (χ2n) is 4.07. The van der Waals surface area contributed by atoms with E-state index in [-0.39, 0.29) is 21.4 Å². The van der Waals surface area contributed by atoms with Crippen LogP contribution in [0, 0.1) is 0 Å². The van der Waals surface area contributed by atoms with Crippen molar-refractivity contribution in [2.24, 2.45) is 0 Å². The van der Waals surface area contributed by atoms with E-state index in [0.717, 1.165) is 12.3 Å². The summed E-state index contributed by atoms with van der Waals surface area (Å²) >= 11 is 5.77. The molecular formula is C10H14ClNO5S2. The Morgan fingerprint density at radius 2 is 1.89 bits per heavy atom. The molecular weight excluding hydrogens is 314 g/mol. The molecule has 0 saturated carbocycles. The largest absolute Gasteiger partial charge is 0.392 e. The molecule has 1 atom stereocenters. The molecule has 19 heavy (non-hydrogen) atoms. The van der Waals surface area contributed by atoms with Crippen LogP contribution in [0.4, 0.5) is 0 Å². The predicted molar refractivity (Wildman–Crippen MR) is 71.4 cm³/mol. The minimum absolute atomic E-state index is 0.0921. The maximum absolute atomic E-state index is 11.9. The molecule has 6 nitrogen and oxygen atoms in total. The highest BCUT2D eigenvalue weighted by Crippen LogP contribution is 2.24. The van der Waals surface area contributed by atoms with Gasteiger partial charge in [0.25, 0.3) is 0 Å². The molecule has 0 aliphatic heterocycles. The Labute approximate surface area is 117 Å². The van der Waals surface area contributed by atoms with Gasteiger partial charge in [0, 0.05) is 12.8 Å². The average Bonchev–Trinajstić information content (AvgIpc) is 2.25. The van der Waals surface area contributed by atoms with Crippen LogP contribution < -0.4 is 4.72 Å². The number of hydrogen-bond acceptors (Lipinski definition) is 5. The number of aliphatic hydroxyl groups excluding tert-OH is 1.